The summed E-state index contributed by atoms with van der Waals surface area (Å²) in [5, 5.41) is 0.657. The highest BCUT2D eigenvalue weighted by Crippen LogP contribution is 2.33. The quantitative estimate of drug-likeness (QED) is 0.709. The van der Waals surface area contributed by atoms with Gasteiger partial charge in [0.1, 0.15) is 0 Å². The van der Waals surface area contributed by atoms with Crippen LogP contribution in [0, 0.1) is 5.92 Å². The average Bonchev–Trinajstić information content (AvgIpc) is 3.31. The highest BCUT2D eigenvalue weighted by molar-refractivity contribution is 7.22. The van der Waals surface area contributed by atoms with Gasteiger partial charge in [0.05, 0.1) is 29.8 Å². The molecule has 1 aromatic carbocycles. The zero-order chi connectivity index (χ0) is 19.7. The van der Waals surface area contributed by atoms with E-state index in [1.807, 2.05) is 29.2 Å². The molecule has 0 spiro atoms. The molecule has 4 rings (SSSR count). The third-order valence-electron chi connectivity index (χ3n) is 5.25. The number of methoxy groups -OCH3 is 1. The van der Waals surface area contributed by atoms with Crippen LogP contribution in [0.5, 0.6) is 0 Å². The van der Waals surface area contributed by atoms with Crippen LogP contribution in [0.4, 0.5) is 5.13 Å². The lowest BCUT2D eigenvalue weighted by atomic mass is 10.1. The fourth-order valence-corrected chi connectivity index (χ4v) is 4.66. The highest BCUT2D eigenvalue weighted by Gasteiger charge is 2.39. The Morgan fingerprint density at radius 1 is 1.21 bits per heavy atom. The van der Waals surface area contributed by atoms with Crippen molar-refractivity contribution in [1.82, 2.24) is 14.8 Å². The number of nitrogens with zero attached hydrogens (tertiary/aromatic N) is 4. The largest absolute Gasteiger partial charge is 0.468 e. The van der Waals surface area contributed by atoms with Crippen molar-refractivity contribution >= 4 is 44.5 Å². The van der Waals surface area contributed by atoms with Crippen molar-refractivity contribution in [2.45, 2.75) is 6.42 Å². The number of carbonyl (C=O) groups excluding carboxylic acids is 3. The van der Waals surface area contributed by atoms with Crippen molar-refractivity contribution in [2.24, 2.45) is 5.92 Å². The molecule has 2 amide bonds. The number of benzene rings is 1. The first-order valence-corrected chi connectivity index (χ1v) is 10.1. The number of ether oxygens (including phenoxy) is 1. The Morgan fingerprint density at radius 3 is 2.68 bits per heavy atom. The fraction of sp³-hybridized carbons (Fsp3) is 0.474. The van der Waals surface area contributed by atoms with Gasteiger partial charge in [0.2, 0.25) is 11.8 Å². The van der Waals surface area contributed by atoms with E-state index in [-0.39, 0.29) is 36.7 Å². The molecule has 2 aromatic rings. The number of hydrogen-bond acceptors (Lipinski definition) is 7. The van der Waals surface area contributed by atoms with Crippen molar-refractivity contribution in [3.63, 3.8) is 0 Å². The van der Waals surface area contributed by atoms with E-state index in [2.05, 4.69) is 9.72 Å². The summed E-state index contributed by atoms with van der Waals surface area (Å²) in [6.45, 7) is 2.99. The molecule has 2 aliphatic rings. The number of rotatable bonds is 4. The van der Waals surface area contributed by atoms with E-state index in [4.69, 9.17) is 0 Å². The maximum Gasteiger partial charge on any atom is 0.319 e. The number of thiazole rings is 1. The second-order valence-corrected chi connectivity index (χ2v) is 8.06. The summed E-state index contributed by atoms with van der Waals surface area (Å²) in [6, 6.07) is 7.77. The number of fused-ring (bicyclic) bond motifs is 1. The summed E-state index contributed by atoms with van der Waals surface area (Å²) in [4.78, 5) is 46.8. The molecule has 0 radical (unpaired) electrons. The number of carbonyl (C=O) groups is 3. The summed E-state index contributed by atoms with van der Waals surface area (Å²) in [5.74, 6) is -0.657. The minimum absolute atomic E-state index is 0.00896. The van der Waals surface area contributed by atoms with Gasteiger partial charge in [0.25, 0.3) is 0 Å². The minimum atomic E-state index is -0.341. The summed E-state index contributed by atoms with van der Waals surface area (Å²) in [7, 11) is 1.37. The number of hydrogen-bond donors (Lipinski definition) is 0. The first kappa shape index (κ1) is 18.8. The molecular weight excluding hydrogens is 380 g/mol. The van der Waals surface area contributed by atoms with Crippen LogP contribution in [-0.4, -0.2) is 78.9 Å². The summed E-state index contributed by atoms with van der Waals surface area (Å²) >= 11 is 1.47. The normalized spacial score (nSPS) is 20.8. The van der Waals surface area contributed by atoms with Crippen LogP contribution in [0.25, 0.3) is 10.2 Å². The van der Waals surface area contributed by atoms with Gasteiger partial charge in [-0.05, 0) is 12.1 Å². The minimum Gasteiger partial charge on any atom is -0.468 e. The van der Waals surface area contributed by atoms with Crippen LogP contribution >= 0.6 is 11.3 Å². The van der Waals surface area contributed by atoms with Gasteiger partial charge < -0.3 is 9.64 Å². The maximum atomic E-state index is 12.9. The number of esters is 1. The number of amides is 2. The van der Waals surface area contributed by atoms with Gasteiger partial charge in [0.15, 0.2) is 5.13 Å². The van der Waals surface area contributed by atoms with E-state index in [0.717, 1.165) is 10.2 Å². The second-order valence-electron chi connectivity index (χ2n) is 7.05. The Kier molecular flexibility index (Phi) is 5.27. The monoisotopic (exact) mass is 402 g/mol. The standard InChI is InChI=1S/C19H22N4O4S/c1-27-17(25)12-21-6-8-22(9-7-21)18(26)13-10-16(24)23(11-13)19-20-14-4-2-3-5-15(14)28-19/h2-5,13H,6-12H2,1H3. The molecule has 2 aliphatic heterocycles. The predicted molar refractivity (Wildman–Crippen MR) is 105 cm³/mol. The van der Waals surface area contributed by atoms with Gasteiger partial charge in [-0.2, -0.15) is 0 Å². The van der Waals surface area contributed by atoms with E-state index >= 15 is 0 Å². The molecule has 0 saturated carbocycles. The summed E-state index contributed by atoms with van der Waals surface area (Å²) in [5.41, 5.74) is 0.867. The van der Waals surface area contributed by atoms with Gasteiger partial charge in [-0.25, -0.2) is 4.98 Å². The molecular formula is C19H22N4O4S. The van der Waals surface area contributed by atoms with Crippen LogP contribution in [0.15, 0.2) is 24.3 Å². The first-order chi connectivity index (χ1) is 13.5. The molecule has 9 heteroatoms. The van der Waals surface area contributed by atoms with Gasteiger partial charge in [0, 0.05) is 39.1 Å². The molecule has 0 aliphatic carbocycles. The van der Waals surface area contributed by atoms with Gasteiger partial charge in [-0.1, -0.05) is 23.5 Å². The van der Waals surface area contributed by atoms with Crippen molar-refractivity contribution in [3.05, 3.63) is 24.3 Å². The fourth-order valence-electron chi connectivity index (χ4n) is 3.67. The van der Waals surface area contributed by atoms with E-state index in [9.17, 15) is 14.4 Å². The number of anilines is 1. The van der Waals surface area contributed by atoms with E-state index in [1.54, 1.807) is 9.80 Å². The van der Waals surface area contributed by atoms with Crippen LogP contribution in [0.2, 0.25) is 0 Å². The van der Waals surface area contributed by atoms with Crippen LogP contribution in [0.1, 0.15) is 6.42 Å². The highest BCUT2D eigenvalue weighted by atomic mass is 32.1. The Labute approximate surface area is 166 Å². The molecule has 1 atom stereocenters. The second kappa shape index (κ2) is 7.84. The number of aromatic nitrogens is 1. The molecule has 2 saturated heterocycles. The molecule has 0 bridgehead atoms. The average molecular weight is 402 g/mol. The predicted octanol–water partition coefficient (Wildman–Crippen LogP) is 0.966. The van der Waals surface area contributed by atoms with E-state index in [1.165, 1.54) is 18.4 Å². The molecule has 1 aromatic heterocycles. The third-order valence-corrected chi connectivity index (χ3v) is 6.31. The molecule has 2 fully saturated rings. The van der Waals surface area contributed by atoms with Gasteiger partial charge in [-0.3, -0.25) is 24.2 Å². The molecule has 3 heterocycles. The third kappa shape index (κ3) is 3.72. The first-order valence-electron chi connectivity index (χ1n) is 9.29. The molecule has 148 valence electrons. The van der Waals surface area contributed by atoms with Gasteiger partial charge >= 0.3 is 5.97 Å². The lowest BCUT2D eigenvalue weighted by Gasteiger charge is -2.35. The van der Waals surface area contributed by atoms with Crippen LogP contribution in [0.3, 0.4) is 0 Å². The van der Waals surface area contributed by atoms with Crippen LogP contribution in [-0.2, 0) is 19.1 Å². The van der Waals surface area contributed by atoms with Crippen molar-refractivity contribution in [1.29, 1.82) is 0 Å². The number of para-hydroxylation sites is 1. The SMILES string of the molecule is COC(=O)CN1CCN(C(=O)C2CC(=O)N(c3nc4ccccc4s3)C2)CC1. The van der Waals surface area contributed by atoms with Crippen molar-refractivity contribution in [2.75, 3.05) is 51.3 Å². The maximum absolute atomic E-state index is 12.9. The lowest BCUT2D eigenvalue weighted by molar-refractivity contribution is -0.143. The Bertz CT molecular complexity index is 873. The Morgan fingerprint density at radius 2 is 1.96 bits per heavy atom. The van der Waals surface area contributed by atoms with Crippen LogP contribution < -0.4 is 4.90 Å². The lowest BCUT2D eigenvalue weighted by Crippen LogP contribution is -2.51. The molecule has 1 unspecified atom stereocenters. The Hall–Kier alpha value is -2.52. The zero-order valence-corrected chi connectivity index (χ0v) is 16.5. The van der Waals surface area contributed by atoms with E-state index < -0.39 is 0 Å². The molecule has 8 nitrogen and oxygen atoms in total. The van der Waals surface area contributed by atoms with E-state index in [0.29, 0.717) is 37.9 Å². The topological polar surface area (TPSA) is 83.0 Å². The van der Waals surface area contributed by atoms with Crippen molar-refractivity contribution < 1.29 is 19.1 Å². The zero-order valence-electron chi connectivity index (χ0n) is 15.7. The molecule has 28 heavy (non-hydrogen) atoms. The Balaban J connectivity index is 1.37. The van der Waals surface area contributed by atoms with Gasteiger partial charge in [-0.15, -0.1) is 0 Å². The smallest absolute Gasteiger partial charge is 0.319 e. The molecule has 0 N–H and O–H groups in total. The summed E-state index contributed by atoms with van der Waals surface area (Å²) < 4.78 is 5.72. The number of piperazine rings is 1. The summed E-state index contributed by atoms with van der Waals surface area (Å²) in [6.07, 6.45) is 0.219. The van der Waals surface area contributed by atoms with Crippen molar-refractivity contribution in [3.8, 4) is 0 Å².